The quantitative estimate of drug-likeness (QED) is 0.903. The summed E-state index contributed by atoms with van der Waals surface area (Å²) in [7, 11) is 0. The number of carboxylic acid groups (broad SMARTS) is 1. The summed E-state index contributed by atoms with van der Waals surface area (Å²) in [5.41, 5.74) is 0. The zero-order valence-corrected chi connectivity index (χ0v) is 13.0. The lowest BCUT2D eigenvalue weighted by atomic mass is 9.84. The molecule has 1 aromatic heterocycles. The average Bonchev–Trinajstić information content (AvgIpc) is 3.22. The third kappa shape index (κ3) is 3.03. The van der Waals surface area contributed by atoms with Crippen molar-refractivity contribution in [3.05, 3.63) is 23.7 Å². The molecule has 1 amide bonds. The molecule has 0 atom stereocenters. The second-order valence-electron chi connectivity index (χ2n) is 6.50. The van der Waals surface area contributed by atoms with Crippen molar-refractivity contribution in [2.24, 2.45) is 5.92 Å². The molecule has 120 valence electrons. The molecule has 0 spiro atoms. The van der Waals surface area contributed by atoms with Gasteiger partial charge in [0.1, 0.15) is 0 Å². The lowest BCUT2D eigenvalue weighted by molar-refractivity contribution is 0.0547. The molecule has 0 bridgehead atoms. The fourth-order valence-electron chi connectivity index (χ4n) is 3.51. The minimum Gasteiger partial charge on any atom is -0.475 e. The molecule has 0 saturated heterocycles. The number of hydrogen-bond donors (Lipinski definition) is 1. The molecule has 22 heavy (non-hydrogen) atoms. The van der Waals surface area contributed by atoms with Crippen LogP contribution in [0.3, 0.4) is 0 Å². The van der Waals surface area contributed by atoms with Gasteiger partial charge in [-0.25, -0.2) is 4.79 Å². The van der Waals surface area contributed by atoms with Gasteiger partial charge < -0.3 is 14.4 Å². The highest BCUT2D eigenvalue weighted by atomic mass is 16.4. The van der Waals surface area contributed by atoms with Crippen LogP contribution in [0.5, 0.6) is 0 Å². The number of amides is 1. The van der Waals surface area contributed by atoms with Crippen LogP contribution in [0.1, 0.15) is 73.0 Å². The summed E-state index contributed by atoms with van der Waals surface area (Å²) < 4.78 is 5.21. The fourth-order valence-corrected chi connectivity index (χ4v) is 3.51. The first-order valence-electron chi connectivity index (χ1n) is 8.26. The van der Waals surface area contributed by atoms with Gasteiger partial charge in [0.15, 0.2) is 5.76 Å². The van der Waals surface area contributed by atoms with E-state index in [1.54, 1.807) is 0 Å². The first-order valence-corrected chi connectivity index (χ1v) is 8.26. The summed E-state index contributed by atoms with van der Waals surface area (Å²) in [6.45, 7) is 2.23. The van der Waals surface area contributed by atoms with Gasteiger partial charge in [0.25, 0.3) is 5.91 Å². The summed E-state index contributed by atoms with van der Waals surface area (Å²) in [4.78, 5) is 25.6. The lowest BCUT2D eigenvalue weighted by Crippen LogP contribution is -2.43. The molecule has 1 N–H and O–H groups in total. The largest absolute Gasteiger partial charge is 0.475 e. The van der Waals surface area contributed by atoms with E-state index in [0.29, 0.717) is 6.04 Å². The summed E-state index contributed by atoms with van der Waals surface area (Å²) in [6, 6.07) is 3.43. The molecule has 1 aromatic rings. The molecule has 0 unspecified atom stereocenters. The molecular formula is C17H23NO4. The number of rotatable bonds is 5. The van der Waals surface area contributed by atoms with E-state index in [-0.39, 0.29) is 23.5 Å². The first-order chi connectivity index (χ1) is 10.6. The summed E-state index contributed by atoms with van der Waals surface area (Å²) in [5.74, 6) is -0.513. The third-order valence-electron chi connectivity index (χ3n) is 4.99. The Morgan fingerprint density at radius 2 is 1.64 bits per heavy atom. The van der Waals surface area contributed by atoms with Crippen LogP contribution in [0.4, 0.5) is 0 Å². The van der Waals surface area contributed by atoms with Crippen LogP contribution in [0.25, 0.3) is 0 Å². The van der Waals surface area contributed by atoms with Crippen molar-refractivity contribution in [1.82, 2.24) is 4.90 Å². The van der Waals surface area contributed by atoms with Crippen LogP contribution in [-0.2, 0) is 0 Å². The van der Waals surface area contributed by atoms with Crippen molar-refractivity contribution in [2.75, 3.05) is 0 Å². The molecular weight excluding hydrogens is 282 g/mol. The monoisotopic (exact) mass is 305 g/mol. The van der Waals surface area contributed by atoms with Gasteiger partial charge in [-0.15, -0.1) is 0 Å². The maximum absolute atomic E-state index is 12.8. The van der Waals surface area contributed by atoms with E-state index in [9.17, 15) is 9.59 Å². The van der Waals surface area contributed by atoms with Gasteiger partial charge in [0.05, 0.1) is 0 Å². The van der Waals surface area contributed by atoms with Crippen molar-refractivity contribution in [1.29, 1.82) is 0 Å². The number of hydrogen-bond acceptors (Lipinski definition) is 3. The van der Waals surface area contributed by atoms with Gasteiger partial charge in [-0.3, -0.25) is 4.79 Å². The van der Waals surface area contributed by atoms with Crippen LogP contribution in [-0.4, -0.2) is 34.0 Å². The van der Waals surface area contributed by atoms with E-state index >= 15 is 0 Å². The SMILES string of the molecule is CCC1CCC(N(C(=O)c2ccc(C(=O)O)o2)C2CC2)CC1. The summed E-state index contributed by atoms with van der Waals surface area (Å²) >= 11 is 0. The molecule has 2 saturated carbocycles. The Hall–Kier alpha value is -1.78. The smallest absolute Gasteiger partial charge is 0.371 e. The minimum atomic E-state index is -1.14. The average molecular weight is 305 g/mol. The Labute approximate surface area is 130 Å². The van der Waals surface area contributed by atoms with Crippen LogP contribution < -0.4 is 0 Å². The Kier molecular flexibility index (Phi) is 4.23. The molecule has 5 nitrogen and oxygen atoms in total. The predicted molar refractivity (Wildman–Crippen MR) is 80.9 cm³/mol. The van der Waals surface area contributed by atoms with E-state index in [1.807, 2.05) is 4.90 Å². The fraction of sp³-hybridized carbons (Fsp3) is 0.647. The van der Waals surface area contributed by atoms with Gasteiger partial charge in [-0.2, -0.15) is 0 Å². The van der Waals surface area contributed by atoms with E-state index in [2.05, 4.69) is 6.92 Å². The number of furan rings is 1. The number of nitrogens with zero attached hydrogens (tertiary/aromatic N) is 1. The van der Waals surface area contributed by atoms with E-state index < -0.39 is 5.97 Å². The Morgan fingerprint density at radius 1 is 1.09 bits per heavy atom. The van der Waals surface area contributed by atoms with Crippen molar-refractivity contribution < 1.29 is 19.1 Å². The van der Waals surface area contributed by atoms with Crippen LogP contribution in [0.2, 0.25) is 0 Å². The normalized spacial score (nSPS) is 25.0. The molecule has 0 aliphatic heterocycles. The third-order valence-corrected chi connectivity index (χ3v) is 4.99. The van der Waals surface area contributed by atoms with Crippen molar-refractivity contribution >= 4 is 11.9 Å². The topological polar surface area (TPSA) is 70.8 Å². The molecule has 3 rings (SSSR count). The predicted octanol–water partition coefficient (Wildman–Crippen LogP) is 3.55. The maximum atomic E-state index is 12.8. The Bertz CT molecular complexity index is 553. The molecule has 0 aromatic carbocycles. The van der Waals surface area contributed by atoms with Gasteiger partial charge in [0.2, 0.25) is 5.76 Å². The first kappa shape index (κ1) is 15.1. The lowest BCUT2D eigenvalue weighted by Gasteiger charge is -2.36. The van der Waals surface area contributed by atoms with Gasteiger partial charge >= 0.3 is 5.97 Å². The number of aromatic carboxylic acids is 1. The van der Waals surface area contributed by atoms with Crippen molar-refractivity contribution in [3.8, 4) is 0 Å². The number of carboxylic acids is 1. The Balaban J connectivity index is 1.73. The van der Waals surface area contributed by atoms with Crippen molar-refractivity contribution in [2.45, 2.75) is 64.0 Å². The zero-order valence-electron chi connectivity index (χ0n) is 13.0. The zero-order chi connectivity index (χ0) is 15.7. The van der Waals surface area contributed by atoms with Crippen LogP contribution >= 0.6 is 0 Å². The molecule has 1 heterocycles. The van der Waals surface area contributed by atoms with E-state index in [0.717, 1.165) is 31.6 Å². The Morgan fingerprint density at radius 3 is 2.09 bits per heavy atom. The number of carbonyl (C=O) groups is 2. The second-order valence-corrected chi connectivity index (χ2v) is 6.50. The van der Waals surface area contributed by atoms with Gasteiger partial charge in [0, 0.05) is 12.1 Å². The molecule has 2 fully saturated rings. The van der Waals surface area contributed by atoms with Crippen LogP contribution in [0.15, 0.2) is 16.5 Å². The molecule has 2 aliphatic rings. The van der Waals surface area contributed by atoms with Crippen molar-refractivity contribution in [3.63, 3.8) is 0 Å². The molecule has 0 radical (unpaired) electrons. The molecule has 2 aliphatic carbocycles. The standard InChI is InChI=1S/C17H23NO4/c1-2-11-3-5-12(6-4-11)18(13-7-8-13)16(19)14-9-10-15(22-14)17(20)21/h9-13H,2-8H2,1H3,(H,20,21). The summed E-state index contributed by atoms with van der Waals surface area (Å²) in [5, 5.41) is 8.93. The second kappa shape index (κ2) is 6.15. The highest BCUT2D eigenvalue weighted by molar-refractivity contribution is 5.94. The van der Waals surface area contributed by atoms with Gasteiger partial charge in [-0.05, 0) is 56.6 Å². The maximum Gasteiger partial charge on any atom is 0.371 e. The number of carbonyl (C=O) groups excluding carboxylic acids is 1. The highest BCUT2D eigenvalue weighted by Crippen LogP contribution is 2.37. The van der Waals surface area contributed by atoms with E-state index in [4.69, 9.17) is 9.52 Å². The molecule has 5 heteroatoms. The summed E-state index contributed by atoms with van der Waals surface area (Å²) in [6.07, 6.45) is 7.76. The van der Waals surface area contributed by atoms with E-state index in [1.165, 1.54) is 31.4 Å². The van der Waals surface area contributed by atoms with Crippen LogP contribution in [0, 0.1) is 5.92 Å². The van der Waals surface area contributed by atoms with Gasteiger partial charge in [-0.1, -0.05) is 13.3 Å². The minimum absolute atomic E-state index is 0.144. The highest BCUT2D eigenvalue weighted by Gasteiger charge is 2.40.